The van der Waals surface area contributed by atoms with Crippen molar-refractivity contribution < 1.29 is 14.3 Å². The number of carbonyl (C=O) groups is 2. The third kappa shape index (κ3) is 5.86. The van der Waals surface area contributed by atoms with Crippen molar-refractivity contribution in [1.29, 1.82) is 0 Å². The molecule has 2 rings (SSSR count). The second-order valence-electron chi connectivity index (χ2n) is 5.96. The molecule has 7 nitrogen and oxygen atoms in total. The van der Waals surface area contributed by atoms with Crippen LogP contribution in [0.25, 0.3) is 0 Å². The molecule has 0 aromatic carbocycles. The summed E-state index contributed by atoms with van der Waals surface area (Å²) in [5, 5.41) is 9.45. The first-order chi connectivity index (χ1) is 11.6. The molecule has 2 N–H and O–H groups in total. The number of ether oxygens (including phenoxy) is 1. The van der Waals surface area contributed by atoms with Crippen molar-refractivity contribution in [1.82, 2.24) is 20.4 Å². The highest BCUT2D eigenvalue weighted by molar-refractivity contribution is 7.07. The molecule has 0 bridgehead atoms. The molecule has 0 spiro atoms. The number of carbonyl (C=O) groups excluding carboxylic acids is 2. The van der Waals surface area contributed by atoms with E-state index in [-0.39, 0.29) is 6.04 Å². The van der Waals surface area contributed by atoms with E-state index >= 15 is 0 Å². The Morgan fingerprint density at radius 2 is 2.00 bits per heavy atom. The Hall–Kier alpha value is -1.48. The number of hydrogen-bond donors (Lipinski definition) is 2. The summed E-state index contributed by atoms with van der Waals surface area (Å²) in [6.45, 7) is 4.79. The lowest BCUT2D eigenvalue weighted by molar-refractivity contribution is -0.139. The van der Waals surface area contributed by atoms with Crippen LogP contribution in [0.15, 0.2) is 16.8 Å². The average Bonchev–Trinajstić information content (AvgIpc) is 3.09. The summed E-state index contributed by atoms with van der Waals surface area (Å²) in [5.74, 6) is -1.16. The van der Waals surface area contributed by atoms with Gasteiger partial charge in [0.1, 0.15) is 0 Å². The Labute approximate surface area is 147 Å². The number of nitrogens with one attached hydrogen (secondary N) is 2. The van der Waals surface area contributed by atoms with Gasteiger partial charge in [-0.1, -0.05) is 0 Å². The maximum absolute atomic E-state index is 11.9. The Balaban J connectivity index is 1.69. The number of hydrogen-bond acceptors (Lipinski definition) is 6. The topological polar surface area (TPSA) is 73.9 Å². The quantitative estimate of drug-likeness (QED) is 0.670. The van der Waals surface area contributed by atoms with Crippen molar-refractivity contribution in [2.75, 3.05) is 60.0 Å². The predicted octanol–water partition coefficient (Wildman–Crippen LogP) is -0.0846. The van der Waals surface area contributed by atoms with E-state index in [4.69, 9.17) is 4.74 Å². The molecular weight excluding hydrogens is 328 g/mol. The molecular formula is C16H26N4O3S. The number of nitrogens with zero attached hydrogens (tertiary/aromatic N) is 2. The Morgan fingerprint density at radius 1 is 1.29 bits per heavy atom. The normalized spacial score (nSPS) is 16.8. The fraction of sp³-hybridized carbons (Fsp3) is 0.625. The van der Waals surface area contributed by atoms with Crippen LogP contribution >= 0.6 is 11.3 Å². The van der Waals surface area contributed by atoms with Gasteiger partial charge in [-0.25, -0.2) is 0 Å². The van der Waals surface area contributed by atoms with E-state index < -0.39 is 11.8 Å². The van der Waals surface area contributed by atoms with Gasteiger partial charge in [-0.3, -0.25) is 14.5 Å². The lowest BCUT2D eigenvalue weighted by atomic mass is 10.1. The van der Waals surface area contributed by atoms with Crippen molar-refractivity contribution in [2.45, 2.75) is 6.04 Å². The van der Waals surface area contributed by atoms with E-state index in [9.17, 15) is 9.59 Å². The van der Waals surface area contributed by atoms with Crippen LogP contribution in [0, 0.1) is 0 Å². The molecule has 1 aliphatic rings. The minimum absolute atomic E-state index is 0.0568. The standard InChI is InChI=1S/C16H26N4O3S/c1-19(2)14(13-3-10-24-12-13)11-18-16(22)15(21)17-4-5-20-6-8-23-9-7-20/h3,10,12,14H,4-9,11H2,1-2H3,(H,17,21)(H,18,22)/t14-/m1/s1. The van der Waals surface area contributed by atoms with E-state index in [2.05, 4.69) is 20.9 Å². The van der Waals surface area contributed by atoms with Crippen LogP contribution in [0.2, 0.25) is 0 Å². The minimum Gasteiger partial charge on any atom is -0.379 e. The molecule has 1 fully saturated rings. The van der Waals surface area contributed by atoms with Gasteiger partial charge in [-0.15, -0.1) is 0 Å². The minimum atomic E-state index is -0.584. The largest absolute Gasteiger partial charge is 0.379 e. The second-order valence-corrected chi connectivity index (χ2v) is 6.74. The van der Waals surface area contributed by atoms with Crippen LogP contribution < -0.4 is 10.6 Å². The number of rotatable bonds is 7. The first kappa shape index (κ1) is 18.9. The van der Waals surface area contributed by atoms with Gasteiger partial charge in [0, 0.05) is 32.7 Å². The average molecular weight is 354 g/mol. The SMILES string of the molecule is CN(C)[C@H](CNC(=O)C(=O)NCCN1CCOCC1)c1ccsc1. The van der Waals surface area contributed by atoms with Crippen LogP contribution in [0.4, 0.5) is 0 Å². The van der Waals surface area contributed by atoms with Crippen LogP contribution in [0.1, 0.15) is 11.6 Å². The summed E-state index contributed by atoms with van der Waals surface area (Å²) in [5.41, 5.74) is 1.14. The van der Waals surface area contributed by atoms with E-state index in [0.717, 1.165) is 38.4 Å². The fourth-order valence-corrected chi connectivity index (χ4v) is 3.27. The Morgan fingerprint density at radius 3 is 2.62 bits per heavy atom. The van der Waals surface area contributed by atoms with Gasteiger partial charge in [0.2, 0.25) is 0 Å². The van der Waals surface area contributed by atoms with Gasteiger partial charge in [0.25, 0.3) is 0 Å². The first-order valence-corrected chi connectivity index (χ1v) is 9.07. The highest BCUT2D eigenvalue weighted by Gasteiger charge is 2.19. The number of amides is 2. The molecule has 1 aromatic rings. The molecule has 0 radical (unpaired) electrons. The lowest BCUT2D eigenvalue weighted by Gasteiger charge is -2.26. The van der Waals surface area contributed by atoms with E-state index in [1.807, 2.05) is 30.4 Å². The highest BCUT2D eigenvalue weighted by atomic mass is 32.1. The molecule has 0 aliphatic carbocycles. The van der Waals surface area contributed by atoms with Crippen LogP contribution in [-0.4, -0.2) is 81.6 Å². The van der Waals surface area contributed by atoms with Gasteiger partial charge in [-0.05, 0) is 36.5 Å². The van der Waals surface area contributed by atoms with Crippen molar-refractivity contribution >= 4 is 23.2 Å². The van der Waals surface area contributed by atoms with Crippen LogP contribution in [0.5, 0.6) is 0 Å². The molecule has 1 aromatic heterocycles. The fourth-order valence-electron chi connectivity index (χ4n) is 2.57. The number of likely N-dealkylation sites (N-methyl/N-ethyl adjacent to an activating group) is 1. The molecule has 24 heavy (non-hydrogen) atoms. The maximum atomic E-state index is 11.9. The second kappa shape index (κ2) is 9.73. The van der Waals surface area contributed by atoms with Crippen molar-refractivity contribution in [2.24, 2.45) is 0 Å². The zero-order chi connectivity index (χ0) is 17.4. The molecule has 2 heterocycles. The van der Waals surface area contributed by atoms with Gasteiger partial charge in [0.05, 0.1) is 19.3 Å². The zero-order valence-electron chi connectivity index (χ0n) is 14.3. The first-order valence-electron chi connectivity index (χ1n) is 8.12. The summed E-state index contributed by atoms with van der Waals surface area (Å²) in [4.78, 5) is 28.1. The molecule has 1 atom stereocenters. The van der Waals surface area contributed by atoms with Gasteiger partial charge < -0.3 is 20.3 Å². The molecule has 134 valence electrons. The summed E-state index contributed by atoms with van der Waals surface area (Å²) in [6.07, 6.45) is 0. The zero-order valence-corrected chi connectivity index (χ0v) is 15.1. The summed E-state index contributed by atoms with van der Waals surface area (Å²) in [6, 6.07) is 2.09. The summed E-state index contributed by atoms with van der Waals surface area (Å²) in [7, 11) is 3.91. The summed E-state index contributed by atoms with van der Waals surface area (Å²) >= 11 is 1.62. The summed E-state index contributed by atoms with van der Waals surface area (Å²) < 4.78 is 5.27. The van der Waals surface area contributed by atoms with E-state index in [1.54, 1.807) is 11.3 Å². The van der Waals surface area contributed by atoms with Gasteiger partial charge in [-0.2, -0.15) is 11.3 Å². The molecule has 1 aliphatic heterocycles. The van der Waals surface area contributed by atoms with E-state index in [1.165, 1.54) is 0 Å². The van der Waals surface area contributed by atoms with Crippen LogP contribution in [-0.2, 0) is 14.3 Å². The Bertz CT molecular complexity index is 515. The molecule has 1 saturated heterocycles. The Kier molecular flexibility index (Phi) is 7.64. The highest BCUT2D eigenvalue weighted by Crippen LogP contribution is 2.19. The van der Waals surface area contributed by atoms with Crippen molar-refractivity contribution in [3.8, 4) is 0 Å². The third-order valence-electron chi connectivity index (χ3n) is 4.03. The molecule has 0 saturated carbocycles. The van der Waals surface area contributed by atoms with Gasteiger partial charge >= 0.3 is 11.8 Å². The maximum Gasteiger partial charge on any atom is 0.309 e. The lowest BCUT2D eigenvalue weighted by Crippen LogP contribution is -2.46. The molecule has 0 unspecified atom stereocenters. The number of morpholine rings is 1. The van der Waals surface area contributed by atoms with Gasteiger partial charge in [0.15, 0.2) is 0 Å². The molecule has 2 amide bonds. The van der Waals surface area contributed by atoms with Crippen LogP contribution in [0.3, 0.4) is 0 Å². The third-order valence-corrected chi connectivity index (χ3v) is 4.73. The van der Waals surface area contributed by atoms with Crippen molar-refractivity contribution in [3.05, 3.63) is 22.4 Å². The smallest absolute Gasteiger partial charge is 0.309 e. The monoisotopic (exact) mass is 354 g/mol. The van der Waals surface area contributed by atoms with Crippen molar-refractivity contribution in [3.63, 3.8) is 0 Å². The molecule has 8 heteroatoms. The number of thiophene rings is 1. The predicted molar refractivity (Wildman–Crippen MR) is 94.0 cm³/mol. The van der Waals surface area contributed by atoms with E-state index in [0.29, 0.717) is 13.1 Å².